The average molecular weight is 411 g/mol. The molecule has 1 aliphatic heterocycles. The molecule has 2 aliphatic rings. The van der Waals surface area contributed by atoms with Crippen molar-refractivity contribution >= 4 is 34.1 Å². The highest BCUT2D eigenvalue weighted by molar-refractivity contribution is 6.30. The average Bonchev–Trinajstić information content (AvgIpc) is 3.43. The van der Waals surface area contributed by atoms with Crippen LogP contribution in [0.5, 0.6) is 0 Å². The lowest BCUT2D eigenvalue weighted by Gasteiger charge is -2.32. The largest absolute Gasteiger partial charge is 0.385 e. The Balaban J connectivity index is 1.07. The van der Waals surface area contributed by atoms with Crippen molar-refractivity contribution in [1.29, 1.82) is 0 Å². The van der Waals surface area contributed by atoms with E-state index in [-0.39, 0.29) is 0 Å². The van der Waals surface area contributed by atoms with E-state index >= 15 is 0 Å². The van der Waals surface area contributed by atoms with Gasteiger partial charge in [-0.25, -0.2) is 9.97 Å². The first-order chi connectivity index (χ1) is 14.2. The number of rotatable bonds is 6. The fraction of sp³-hybridized carbons (Fsp3) is 0.500. The molecule has 6 nitrogen and oxygen atoms in total. The number of nitrogens with zero attached hydrogens (tertiary/aromatic N) is 4. The zero-order valence-electron chi connectivity index (χ0n) is 16.7. The number of hydrogen-bond donors (Lipinski definition) is 2. The number of nitrogens with one attached hydrogen (secondary N) is 2. The zero-order chi connectivity index (χ0) is 19.8. The number of aryl methyl sites for hydroxylation is 1. The van der Waals surface area contributed by atoms with Crippen molar-refractivity contribution in [2.45, 2.75) is 32.6 Å². The van der Waals surface area contributed by atoms with Crippen molar-refractivity contribution in [2.24, 2.45) is 17.8 Å². The standard InChI is InChI=1S/C22H27ClN6/c1-14-19-11-18(2-3-21(19)28-27-14)24-7-4-16-10-20(16)15-5-8-29(9-6-15)22-25-12-17(23)13-26-22/h2-3,11-13,15-16,20,24H,4-10H2,1H3,(H,27,28). The van der Waals surface area contributed by atoms with Crippen LogP contribution in [0.3, 0.4) is 0 Å². The third-order valence-corrected chi connectivity index (χ3v) is 6.80. The maximum Gasteiger partial charge on any atom is 0.225 e. The second kappa shape index (κ2) is 7.82. The number of hydrogen-bond acceptors (Lipinski definition) is 5. The Morgan fingerprint density at radius 2 is 2.00 bits per heavy atom. The molecule has 0 spiro atoms. The molecule has 152 valence electrons. The summed E-state index contributed by atoms with van der Waals surface area (Å²) in [4.78, 5) is 11.0. The molecule has 0 radical (unpaired) electrons. The topological polar surface area (TPSA) is 69.7 Å². The maximum absolute atomic E-state index is 5.89. The summed E-state index contributed by atoms with van der Waals surface area (Å²) in [6, 6.07) is 6.41. The van der Waals surface area contributed by atoms with Gasteiger partial charge in [0.15, 0.2) is 0 Å². The highest BCUT2D eigenvalue weighted by atomic mass is 35.5. The van der Waals surface area contributed by atoms with Gasteiger partial charge >= 0.3 is 0 Å². The molecule has 3 heterocycles. The van der Waals surface area contributed by atoms with Gasteiger partial charge in [-0.2, -0.15) is 5.10 Å². The SMILES string of the molecule is Cc1[nH]nc2ccc(NCCC3CC3C3CCN(c4ncc(Cl)cn4)CC3)cc12. The van der Waals surface area contributed by atoms with Gasteiger partial charge in [-0.1, -0.05) is 11.6 Å². The predicted molar refractivity (Wildman–Crippen MR) is 118 cm³/mol. The van der Waals surface area contributed by atoms with Gasteiger partial charge in [0, 0.05) is 36.4 Å². The van der Waals surface area contributed by atoms with Crippen LogP contribution in [-0.2, 0) is 0 Å². The number of aromatic nitrogens is 4. The third-order valence-electron chi connectivity index (χ3n) is 6.60. The number of fused-ring (bicyclic) bond motifs is 1. The lowest BCUT2D eigenvalue weighted by molar-refractivity contribution is 0.343. The summed E-state index contributed by atoms with van der Waals surface area (Å²) in [6.45, 7) is 5.22. The van der Waals surface area contributed by atoms with Crippen LogP contribution in [0.25, 0.3) is 10.9 Å². The Kier molecular flexibility index (Phi) is 5.04. The molecule has 29 heavy (non-hydrogen) atoms. The van der Waals surface area contributed by atoms with E-state index in [4.69, 9.17) is 11.6 Å². The Bertz CT molecular complexity index is 977. The van der Waals surface area contributed by atoms with Crippen molar-refractivity contribution in [2.75, 3.05) is 29.9 Å². The van der Waals surface area contributed by atoms with E-state index in [1.807, 2.05) is 0 Å². The number of benzene rings is 1. The van der Waals surface area contributed by atoms with Crippen molar-refractivity contribution in [1.82, 2.24) is 20.2 Å². The molecule has 5 rings (SSSR count). The van der Waals surface area contributed by atoms with Crippen LogP contribution < -0.4 is 10.2 Å². The quantitative estimate of drug-likeness (QED) is 0.618. The zero-order valence-corrected chi connectivity index (χ0v) is 17.5. The van der Waals surface area contributed by atoms with Gasteiger partial charge in [-0.3, -0.25) is 5.10 Å². The molecule has 1 saturated carbocycles. The van der Waals surface area contributed by atoms with E-state index < -0.39 is 0 Å². The number of aromatic amines is 1. The van der Waals surface area contributed by atoms with Gasteiger partial charge in [0.1, 0.15) is 0 Å². The molecular formula is C22H27ClN6. The second-order valence-corrected chi connectivity index (χ2v) is 8.92. The molecule has 7 heteroatoms. The minimum atomic E-state index is 0.595. The second-order valence-electron chi connectivity index (χ2n) is 8.48. The molecule has 1 aromatic carbocycles. The first kappa shape index (κ1) is 18.7. The summed E-state index contributed by atoms with van der Waals surface area (Å²) in [5.41, 5.74) is 3.35. The summed E-state index contributed by atoms with van der Waals surface area (Å²) >= 11 is 5.89. The normalized spacial score (nSPS) is 22.2. The van der Waals surface area contributed by atoms with Crippen molar-refractivity contribution < 1.29 is 0 Å². The van der Waals surface area contributed by atoms with E-state index in [1.54, 1.807) is 12.4 Å². The highest BCUT2D eigenvalue weighted by Crippen LogP contribution is 2.49. The van der Waals surface area contributed by atoms with Crippen LogP contribution >= 0.6 is 11.6 Å². The van der Waals surface area contributed by atoms with Gasteiger partial charge in [0.05, 0.1) is 22.9 Å². The van der Waals surface area contributed by atoms with Gasteiger partial charge in [-0.05, 0) is 68.6 Å². The van der Waals surface area contributed by atoms with Gasteiger partial charge in [0.25, 0.3) is 0 Å². The van der Waals surface area contributed by atoms with Gasteiger partial charge in [0.2, 0.25) is 5.95 Å². The fourth-order valence-electron chi connectivity index (χ4n) is 4.83. The van der Waals surface area contributed by atoms with Gasteiger partial charge < -0.3 is 10.2 Å². The highest BCUT2D eigenvalue weighted by Gasteiger charge is 2.43. The van der Waals surface area contributed by atoms with Crippen LogP contribution in [-0.4, -0.2) is 39.8 Å². The lowest BCUT2D eigenvalue weighted by Crippen LogP contribution is -2.35. The molecule has 0 amide bonds. The molecule has 1 saturated heterocycles. The van der Waals surface area contributed by atoms with Crippen molar-refractivity contribution in [3.63, 3.8) is 0 Å². The molecule has 2 fully saturated rings. The van der Waals surface area contributed by atoms with E-state index in [0.717, 1.165) is 54.5 Å². The van der Waals surface area contributed by atoms with Crippen LogP contribution in [0.2, 0.25) is 5.02 Å². The monoisotopic (exact) mass is 410 g/mol. The molecule has 2 N–H and O–H groups in total. The van der Waals surface area contributed by atoms with Crippen LogP contribution in [0.15, 0.2) is 30.6 Å². The van der Waals surface area contributed by atoms with E-state index in [9.17, 15) is 0 Å². The Morgan fingerprint density at radius 1 is 1.21 bits per heavy atom. The summed E-state index contributed by atoms with van der Waals surface area (Å²) in [6.07, 6.45) is 8.52. The number of piperidine rings is 1. The summed E-state index contributed by atoms with van der Waals surface area (Å²) in [7, 11) is 0. The number of halogens is 1. The van der Waals surface area contributed by atoms with E-state index in [1.165, 1.54) is 36.8 Å². The van der Waals surface area contributed by atoms with Crippen LogP contribution in [0.1, 0.15) is 31.4 Å². The van der Waals surface area contributed by atoms with Crippen molar-refractivity contribution in [3.8, 4) is 0 Å². The maximum atomic E-state index is 5.89. The Hall–Kier alpha value is -2.34. The Labute approximate surface area is 176 Å². The molecule has 0 bridgehead atoms. The lowest BCUT2D eigenvalue weighted by atomic mass is 9.90. The third kappa shape index (κ3) is 4.04. The summed E-state index contributed by atoms with van der Waals surface area (Å²) in [5, 5.41) is 12.8. The van der Waals surface area contributed by atoms with Crippen molar-refractivity contribution in [3.05, 3.63) is 41.3 Å². The van der Waals surface area contributed by atoms with Gasteiger partial charge in [-0.15, -0.1) is 0 Å². The van der Waals surface area contributed by atoms with Crippen LogP contribution in [0, 0.1) is 24.7 Å². The smallest absolute Gasteiger partial charge is 0.225 e. The number of anilines is 2. The van der Waals surface area contributed by atoms with Crippen LogP contribution in [0.4, 0.5) is 11.6 Å². The fourth-order valence-corrected chi connectivity index (χ4v) is 4.92. The predicted octanol–water partition coefficient (Wildman–Crippen LogP) is 4.67. The molecule has 2 atom stereocenters. The molecule has 3 aromatic rings. The van der Waals surface area contributed by atoms with E-state index in [0.29, 0.717) is 5.02 Å². The molecule has 1 aliphatic carbocycles. The minimum absolute atomic E-state index is 0.595. The molecule has 2 unspecified atom stereocenters. The number of H-pyrrole nitrogens is 1. The molecule has 2 aromatic heterocycles. The summed E-state index contributed by atoms with van der Waals surface area (Å²) in [5.74, 6) is 3.46. The minimum Gasteiger partial charge on any atom is -0.385 e. The molecular weight excluding hydrogens is 384 g/mol. The first-order valence-corrected chi connectivity index (χ1v) is 11.0. The summed E-state index contributed by atoms with van der Waals surface area (Å²) < 4.78 is 0. The Morgan fingerprint density at radius 3 is 2.79 bits per heavy atom. The van der Waals surface area contributed by atoms with E-state index in [2.05, 4.69) is 55.5 Å². The first-order valence-electron chi connectivity index (χ1n) is 10.6.